The number of pyridine rings is 1. The summed E-state index contributed by atoms with van der Waals surface area (Å²) in [5.41, 5.74) is 3.19. The molecule has 3 aromatic rings. The maximum Gasteiger partial charge on any atom is 0.195 e. The van der Waals surface area contributed by atoms with E-state index in [0.29, 0.717) is 5.56 Å². The lowest BCUT2D eigenvalue weighted by atomic mass is 9.99. The summed E-state index contributed by atoms with van der Waals surface area (Å²) in [6, 6.07) is 13.6. The van der Waals surface area contributed by atoms with Crippen LogP contribution < -0.4 is 0 Å². The predicted octanol–water partition coefficient (Wildman–Crippen LogP) is 4.22. The molecule has 21 heavy (non-hydrogen) atoms. The van der Waals surface area contributed by atoms with Gasteiger partial charge in [0.05, 0.1) is 11.1 Å². The average Bonchev–Trinajstić information content (AvgIpc) is 2.48. The van der Waals surface area contributed by atoms with E-state index in [4.69, 9.17) is 0 Å². The van der Waals surface area contributed by atoms with Crippen molar-refractivity contribution in [2.75, 3.05) is 0 Å². The molecule has 2 aromatic carbocycles. The van der Waals surface area contributed by atoms with Gasteiger partial charge in [-0.25, -0.2) is 4.39 Å². The van der Waals surface area contributed by atoms with Crippen LogP contribution in [-0.2, 0) is 0 Å². The first kappa shape index (κ1) is 13.4. The average molecular weight is 279 g/mol. The Bertz CT molecular complexity index is 855. The molecule has 0 bridgehead atoms. The molecule has 0 amide bonds. The SMILES string of the molecule is Cc1ccc(F)c(C(=O)c2ccc3nc(C)ccc3c2)c1. The fraction of sp³-hybridized carbons (Fsp3) is 0.111. The highest BCUT2D eigenvalue weighted by Crippen LogP contribution is 2.19. The first-order chi connectivity index (χ1) is 10.0. The van der Waals surface area contributed by atoms with Crippen LogP contribution in [0.1, 0.15) is 27.2 Å². The van der Waals surface area contributed by atoms with Crippen molar-refractivity contribution in [3.63, 3.8) is 0 Å². The molecule has 0 fully saturated rings. The number of carbonyl (C=O) groups excluding carboxylic acids is 1. The monoisotopic (exact) mass is 279 g/mol. The van der Waals surface area contributed by atoms with E-state index in [-0.39, 0.29) is 11.3 Å². The van der Waals surface area contributed by atoms with Gasteiger partial charge in [-0.1, -0.05) is 17.7 Å². The van der Waals surface area contributed by atoms with E-state index in [9.17, 15) is 9.18 Å². The zero-order valence-corrected chi connectivity index (χ0v) is 11.9. The molecule has 0 radical (unpaired) electrons. The molecular weight excluding hydrogens is 265 g/mol. The third-order valence-corrected chi connectivity index (χ3v) is 3.46. The molecular formula is C18H14FNO. The van der Waals surface area contributed by atoms with Crippen molar-refractivity contribution in [3.8, 4) is 0 Å². The van der Waals surface area contributed by atoms with E-state index < -0.39 is 5.82 Å². The molecule has 0 aliphatic rings. The Balaban J connectivity index is 2.09. The summed E-state index contributed by atoms with van der Waals surface area (Å²) in [7, 11) is 0. The number of nitrogens with zero attached hydrogens (tertiary/aromatic N) is 1. The Labute approximate surface area is 122 Å². The van der Waals surface area contributed by atoms with Gasteiger partial charge in [0, 0.05) is 16.6 Å². The number of benzene rings is 2. The van der Waals surface area contributed by atoms with Gasteiger partial charge in [-0.15, -0.1) is 0 Å². The molecule has 3 rings (SSSR count). The highest BCUT2D eigenvalue weighted by Gasteiger charge is 2.14. The molecule has 0 aliphatic heterocycles. The zero-order valence-electron chi connectivity index (χ0n) is 11.9. The third-order valence-electron chi connectivity index (χ3n) is 3.46. The summed E-state index contributed by atoms with van der Waals surface area (Å²) in [4.78, 5) is 16.9. The smallest absolute Gasteiger partial charge is 0.195 e. The number of aromatic nitrogens is 1. The van der Waals surface area contributed by atoms with Crippen LogP contribution in [-0.4, -0.2) is 10.8 Å². The molecule has 0 N–H and O–H groups in total. The lowest BCUT2D eigenvalue weighted by Gasteiger charge is -2.06. The van der Waals surface area contributed by atoms with Crippen molar-refractivity contribution in [1.82, 2.24) is 4.98 Å². The molecule has 0 saturated carbocycles. The summed E-state index contributed by atoms with van der Waals surface area (Å²) >= 11 is 0. The quantitative estimate of drug-likeness (QED) is 0.657. The van der Waals surface area contributed by atoms with Gasteiger partial charge in [-0.3, -0.25) is 9.78 Å². The minimum Gasteiger partial charge on any atom is -0.288 e. The topological polar surface area (TPSA) is 30.0 Å². The van der Waals surface area contributed by atoms with Crippen molar-refractivity contribution < 1.29 is 9.18 Å². The standard InChI is InChI=1S/C18H14FNO/c1-11-3-7-16(19)15(9-11)18(21)14-6-8-17-13(10-14)5-4-12(2)20-17/h3-10H,1-2H3. The van der Waals surface area contributed by atoms with Crippen LogP contribution >= 0.6 is 0 Å². The summed E-state index contributed by atoms with van der Waals surface area (Å²) in [5, 5.41) is 0.875. The fourth-order valence-corrected chi connectivity index (χ4v) is 2.34. The van der Waals surface area contributed by atoms with Crippen molar-refractivity contribution in [2.45, 2.75) is 13.8 Å². The minimum atomic E-state index is -0.493. The molecule has 0 unspecified atom stereocenters. The van der Waals surface area contributed by atoms with Crippen LogP contribution in [0.2, 0.25) is 0 Å². The number of carbonyl (C=O) groups is 1. The van der Waals surface area contributed by atoms with Gasteiger partial charge >= 0.3 is 0 Å². The van der Waals surface area contributed by atoms with Crippen LogP contribution in [0, 0.1) is 19.7 Å². The lowest BCUT2D eigenvalue weighted by molar-refractivity contribution is 0.103. The van der Waals surface area contributed by atoms with Gasteiger partial charge in [0.15, 0.2) is 5.78 Å². The summed E-state index contributed by atoms with van der Waals surface area (Å²) in [5.74, 6) is -0.800. The molecule has 1 aromatic heterocycles. The lowest BCUT2D eigenvalue weighted by Crippen LogP contribution is -2.05. The molecule has 3 heteroatoms. The first-order valence-corrected chi connectivity index (χ1v) is 6.73. The van der Waals surface area contributed by atoms with Crippen molar-refractivity contribution >= 4 is 16.7 Å². The zero-order chi connectivity index (χ0) is 15.0. The molecule has 1 heterocycles. The van der Waals surface area contributed by atoms with E-state index in [1.165, 1.54) is 6.07 Å². The summed E-state index contributed by atoms with van der Waals surface area (Å²) in [6.07, 6.45) is 0. The Morgan fingerprint density at radius 2 is 1.81 bits per heavy atom. The van der Waals surface area contributed by atoms with E-state index in [2.05, 4.69) is 4.98 Å². The van der Waals surface area contributed by atoms with Gasteiger partial charge in [0.2, 0.25) is 0 Å². The Hall–Kier alpha value is -2.55. The largest absolute Gasteiger partial charge is 0.288 e. The van der Waals surface area contributed by atoms with Gasteiger partial charge in [-0.2, -0.15) is 0 Å². The first-order valence-electron chi connectivity index (χ1n) is 6.73. The number of halogens is 1. The van der Waals surface area contributed by atoms with Crippen LogP contribution in [0.15, 0.2) is 48.5 Å². The number of ketones is 1. The normalized spacial score (nSPS) is 10.8. The van der Waals surface area contributed by atoms with Gasteiger partial charge < -0.3 is 0 Å². The number of aryl methyl sites for hydroxylation is 2. The van der Waals surface area contributed by atoms with E-state index in [0.717, 1.165) is 22.2 Å². The van der Waals surface area contributed by atoms with Crippen molar-refractivity contribution in [2.24, 2.45) is 0 Å². The summed E-state index contributed by atoms with van der Waals surface area (Å²) in [6.45, 7) is 3.75. The van der Waals surface area contributed by atoms with E-state index >= 15 is 0 Å². The van der Waals surface area contributed by atoms with E-state index in [1.54, 1.807) is 30.3 Å². The van der Waals surface area contributed by atoms with E-state index in [1.807, 2.05) is 26.0 Å². The van der Waals surface area contributed by atoms with Crippen LogP contribution in [0.3, 0.4) is 0 Å². The maximum absolute atomic E-state index is 13.8. The van der Waals surface area contributed by atoms with Crippen LogP contribution in [0.5, 0.6) is 0 Å². The molecule has 2 nitrogen and oxygen atoms in total. The number of hydrogen-bond acceptors (Lipinski definition) is 2. The van der Waals surface area contributed by atoms with Crippen LogP contribution in [0.25, 0.3) is 10.9 Å². The molecule has 0 aliphatic carbocycles. The summed E-state index contributed by atoms with van der Waals surface area (Å²) < 4.78 is 13.8. The number of rotatable bonds is 2. The highest BCUT2D eigenvalue weighted by atomic mass is 19.1. The molecule has 0 atom stereocenters. The number of fused-ring (bicyclic) bond motifs is 1. The second-order valence-corrected chi connectivity index (χ2v) is 5.17. The van der Waals surface area contributed by atoms with Gasteiger partial charge in [0.25, 0.3) is 0 Å². The van der Waals surface area contributed by atoms with Gasteiger partial charge in [-0.05, 0) is 50.2 Å². The second kappa shape index (κ2) is 5.09. The maximum atomic E-state index is 13.8. The minimum absolute atomic E-state index is 0.106. The van der Waals surface area contributed by atoms with Crippen molar-refractivity contribution in [3.05, 3.63) is 76.7 Å². The Morgan fingerprint density at radius 3 is 2.62 bits per heavy atom. The molecule has 104 valence electrons. The Morgan fingerprint density at radius 1 is 1.00 bits per heavy atom. The Kier molecular flexibility index (Phi) is 3.26. The van der Waals surface area contributed by atoms with Gasteiger partial charge in [0.1, 0.15) is 5.82 Å². The number of hydrogen-bond donors (Lipinski definition) is 0. The highest BCUT2D eigenvalue weighted by molar-refractivity contribution is 6.10. The third kappa shape index (κ3) is 2.55. The molecule has 0 saturated heterocycles. The fourth-order valence-electron chi connectivity index (χ4n) is 2.34. The van der Waals surface area contributed by atoms with Crippen LogP contribution in [0.4, 0.5) is 4.39 Å². The second-order valence-electron chi connectivity index (χ2n) is 5.17. The van der Waals surface area contributed by atoms with Crippen molar-refractivity contribution in [1.29, 1.82) is 0 Å². The molecule has 0 spiro atoms. The predicted molar refractivity (Wildman–Crippen MR) is 81.0 cm³/mol.